The fourth-order valence-electron chi connectivity index (χ4n) is 2.16. The lowest BCUT2D eigenvalue weighted by molar-refractivity contribution is -0.127. The highest BCUT2D eigenvalue weighted by Crippen LogP contribution is 2.23. The summed E-state index contributed by atoms with van der Waals surface area (Å²) in [7, 11) is 0. The van der Waals surface area contributed by atoms with Gasteiger partial charge in [0.2, 0.25) is 5.91 Å². The fourth-order valence-corrected chi connectivity index (χ4v) is 3.09. The van der Waals surface area contributed by atoms with E-state index in [1.54, 1.807) is 11.8 Å². The number of hydrogen-bond acceptors (Lipinski definition) is 3. The monoisotopic (exact) mass is 265 g/mol. The molecule has 1 unspecified atom stereocenters. The molecule has 0 radical (unpaired) electrons. The summed E-state index contributed by atoms with van der Waals surface area (Å²) in [5.41, 5.74) is 1.21. The van der Waals surface area contributed by atoms with Crippen molar-refractivity contribution in [3.8, 4) is 0 Å². The van der Waals surface area contributed by atoms with Crippen molar-refractivity contribution in [3.05, 3.63) is 29.8 Å². The first-order valence-electron chi connectivity index (χ1n) is 6.27. The van der Waals surface area contributed by atoms with E-state index in [1.165, 1.54) is 10.5 Å². The molecule has 1 fully saturated rings. The predicted molar refractivity (Wildman–Crippen MR) is 73.7 cm³/mol. The molecular formula is C14H19NO2S. The van der Waals surface area contributed by atoms with Crippen LogP contribution in [0.5, 0.6) is 0 Å². The summed E-state index contributed by atoms with van der Waals surface area (Å²) >= 11 is 1.60. The first kappa shape index (κ1) is 13.4. The standard InChI is InChI=1S/C14H19NO2S/c1-11-4-2-3-5-13(11)18-10-14(17)15-7-6-12(8-15)9-16/h2-5,12,16H,6-10H2,1H3. The number of thioether (sulfide) groups is 1. The van der Waals surface area contributed by atoms with Gasteiger partial charge in [0.25, 0.3) is 0 Å². The molecule has 1 heterocycles. The van der Waals surface area contributed by atoms with Crippen LogP contribution in [-0.2, 0) is 4.79 Å². The molecule has 0 bridgehead atoms. The maximum absolute atomic E-state index is 12.0. The van der Waals surface area contributed by atoms with Gasteiger partial charge in [-0.3, -0.25) is 4.79 Å². The van der Waals surface area contributed by atoms with Crippen molar-refractivity contribution in [3.63, 3.8) is 0 Å². The number of rotatable bonds is 4. The Kier molecular flexibility index (Phi) is 4.66. The second-order valence-electron chi connectivity index (χ2n) is 4.73. The summed E-state index contributed by atoms with van der Waals surface area (Å²) < 4.78 is 0. The number of aliphatic hydroxyl groups excluding tert-OH is 1. The van der Waals surface area contributed by atoms with Crippen molar-refractivity contribution < 1.29 is 9.90 Å². The summed E-state index contributed by atoms with van der Waals surface area (Å²) in [4.78, 5) is 15.1. The molecule has 0 saturated carbocycles. The number of amides is 1. The van der Waals surface area contributed by atoms with E-state index in [2.05, 4.69) is 13.0 Å². The quantitative estimate of drug-likeness (QED) is 0.846. The zero-order chi connectivity index (χ0) is 13.0. The number of benzene rings is 1. The van der Waals surface area contributed by atoms with Gasteiger partial charge in [-0.15, -0.1) is 11.8 Å². The van der Waals surface area contributed by atoms with Crippen molar-refractivity contribution in [2.75, 3.05) is 25.4 Å². The van der Waals surface area contributed by atoms with Gasteiger partial charge in [-0.25, -0.2) is 0 Å². The van der Waals surface area contributed by atoms with Crippen LogP contribution in [0.3, 0.4) is 0 Å². The van der Waals surface area contributed by atoms with Crippen LogP contribution in [0.15, 0.2) is 29.2 Å². The summed E-state index contributed by atoms with van der Waals surface area (Å²) in [5, 5.41) is 9.07. The normalized spacial score (nSPS) is 19.2. The Bertz CT molecular complexity index is 422. The largest absolute Gasteiger partial charge is 0.396 e. The number of carbonyl (C=O) groups excluding carboxylic acids is 1. The molecule has 4 heteroatoms. The van der Waals surface area contributed by atoms with E-state index >= 15 is 0 Å². The molecule has 98 valence electrons. The lowest BCUT2D eigenvalue weighted by Crippen LogP contribution is -2.30. The van der Waals surface area contributed by atoms with Gasteiger partial charge < -0.3 is 10.0 Å². The molecule has 0 spiro atoms. The van der Waals surface area contributed by atoms with Gasteiger partial charge in [0.1, 0.15) is 0 Å². The van der Waals surface area contributed by atoms with Crippen LogP contribution in [-0.4, -0.2) is 41.4 Å². The van der Waals surface area contributed by atoms with E-state index in [0.717, 1.165) is 13.0 Å². The SMILES string of the molecule is Cc1ccccc1SCC(=O)N1CCC(CO)C1. The smallest absolute Gasteiger partial charge is 0.232 e. The number of nitrogens with zero attached hydrogens (tertiary/aromatic N) is 1. The first-order chi connectivity index (χ1) is 8.70. The number of aryl methyl sites for hydroxylation is 1. The van der Waals surface area contributed by atoms with Crippen LogP contribution < -0.4 is 0 Å². The van der Waals surface area contributed by atoms with E-state index < -0.39 is 0 Å². The zero-order valence-electron chi connectivity index (χ0n) is 10.6. The lowest BCUT2D eigenvalue weighted by Gasteiger charge is -2.16. The van der Waals surface area contributed by atoms with Gasteiger partial charge in [-0.2, -0.15) is 0 Å². The van der Waals surface area contributed by atoms with E-state index in [-0.39, 0.29) is 18.4 Å². The van der Waals surface area contributed by atoms with Gasteiger partial charge in [0.05, 0.1) is 5.75 Å². The van der Waals surface area contributed by atoms with Crippen LogP contribution in [0.1, 0.15) is 12.0 Å². The third-order valence-corrected chi connectivity index (χ3v) is 4.50. The molecule has 1 amide bonds. The van der Waals surface area contributed by atoms with Crippen molar-refractivity contribution in [2.24, 2.45) is 5.92 Å². The molecule has 1 aromatic carbocycles. The Hall–Kier alpha value is -1.00. The predicted octanol–water partition coefficient (Wildman–Crippen LogP) is 1.93. The van der Waals surface area contributed by atoms with E-state index in [0.29, 0.717) is 12.3 Å². The van der Waals surface area contributed by atoms with Crippen molar-refractivity contribution in [1.29, 1.82) is 0 Å². The minimum Gasteiger partial charge on any atom is -0.396 e. The molecule has 0 aliphatic carbocycles. The Morgan fingerprint density at radius 3 is 2.94 bits per heavy atom. The second-order valence-corrected chi connectivity index (χ2v) is 5.75. The van der Waals surface area contributed by atoms with E-state index in [4.69, 9.17) is 5.11 Å². The fraction of sp³-hybridized carbons (Fsp3) is 0.500. The maximum Gasteiger partial charge on any atom is 0.232 e. The Morgan fingerprint density at radius 1 is 1.50 bits per heavy atom. The van der Waals surface area contributed by atoms with Gasteiger partial charge in [-0.1, -0.05) is 18.2 Å². The summed E-state index contributed by atoms with van der Waals surface area (Å²) in [6.45, 7) is 3.75. The number of hydrogen-bond donors (Lipinski definition) is 1. The summed E-state index contributed by atoms with van der Waals surface area (Å²) in [6, 6.07) is 8.11. The molecule has 1 saturated heterocycles. The van der Waals surface area contributed by atoms with Gasteiger partial charge in [-0.05, 0) is 25.0 Å². The van der Waals surface area contributed by atoms with E-state index in [9.17, 15) is 4.79 Å². The Balaban J connectivity index is 1.84. The molecule has 0 aromatic heterocycles. The van der Waals surface area contributed by atoms with Crippen molar-refractivity contribution in [2.45, 2.75) is 18.2 Å². The van der Waals surface area contributed by atoms with Crippen LogP contribution >= 0.6 is 11.8 Å². The van der Waals surface area contributed by atoms with Crippen molar-refractivity contribution >= 4 is 17.7 Å². The molecule has 3 nitrogen and oxygen atoms in total. The average Bonchev–Trinajstić information content (AvgIpc) is 2.86. The molecular weight excluding hydrogens is 246 g/mol. The summed E-state index contributed by atoms with van der Waals surface area (Å²) in [6.07, 6.45) is 0.928. The van der Waals surface area contributed by atoms with Crippen LogP contribution in [0, 0.1) is 12.8 Å². The molecule has 2 rings (SSSR count). The average molecular weight is 265 g/mol. The Labute approximate surface area is 112 Å². The third-order valence-electron chi connectivity index (χ3n) is 3.34. The lowest BCUT2D eigenvalue weighted by atomic mass is 10.1. The van der Waals surface area contributed by atoms with E-state index in [1.807, 2.05) is 23.1 Å². The third kappa shape index (κ3) is 3.27. The maximum atomic E-state index is 12.0. The zero-order valence-corrected chi connectivity index (χ0v) is 11.4. The van der Waals surface area contributed by atoms with Gasteiger partial charge >= 0.3 is 0 Å². The number of aliphatic hydroxyl groups is 1. The Morgan fingerprint density at radius 2 is 2.28 bits per heavy atom. The van der Waals surface area contributed by atoms with Crippen LogP contribution in [0.2, 0.25) is 0 Å². The number of likely N-dealkylation sites (tertiary alicyclic amines) is 1. The molecule has 1 aliphatic rings. The highest BCUT2D eigenvalue weighted by molar-refractivity contribution is 8.00. The highest BCUT2D eigenvalue weighted by Gasteiger charge is 2.25. The minimum atomic E-state index is 0.180. The van der Waals surface area contributed by atoms with Crippen molar-refractivity contribution in [1.82, 2.24) is 4.90 Å². The van der Waals surface area contributed by atoms with Crippen LogP contribution in [0.4, 0.5) is 0 Å². The van der Waals surface area contributed by atoms with Gasteiger partial charge in [0.15, 0.2) is 0 Å². The first-order valence-corrected chi connectivity index (χ1v) is 7.26. The van der Waals surface area contributed by atoms with Gasteiger partial charge in [0, 0.05) is 30.5 Å². The molecule has 1 N–H and O–H groups in total. The summed E-state index contributed by atoms with van der Waals surface area (Å²) in [5.74, 6) is 0.944. The minimum absolute atomic E-state index is 0.180. The second kappa shape index (κ2) is 6.25. The highest BCUT2D eigenvalue weighted by atomic mass is 32.2. The molecule has 18 heavy (non-hydrogen) atoms. The van der Waals surface area contributed by atoms with Crippen LogP contribution in [0.25, 0.3) is 0 Å². The number of carbonyl (C=O) groups is 1. The molecule has 1 aliphatic heterocycles. The molecule has 1 aromatic rings. The molecule has 1 atom stereocenters. The topological polar surface area (TPSA) is 40.5 Å².